The summed E-state index contributed by atoms with van der Waals surface area (Å²) in [5, 5.41) is 17.5. The summed E-state index contributed by atoms with van der Waals surface area (Å²) in [5.74, 6) is 1.45. The van der Waals surface area contributed by atoms with E-state index in [1.807, 2.05) is 42.5 Å². The van der Waals surface area contributed by atoms with Crippen molar-refractivity contribution in [3.05, 3.63) is 101 Å². The van der Waals surface area contributed by atoms with E-state index in [-0.39, 0.29) is 12.2 Å². The summed E-state index contributed by atoms with van der Waals surface area (Å²) < 4.78 is 12.3. The molecule has 6 aromatic rings. The van der Waals surface area contributed by atoms with Gasteiger partial charge in [-0.2, -0.15) is 9.78 Å². The molecular formula is C30H23N5O4. The summed E-state index contributed by atoms with van der Waals surface area (Å²) >= 11 is 0. The van der Waals surface area contributed by atoms with Crippen LogP contribution in [0.2, 0.25) is 0 Å². The zero-order valence-corrected chi connectivity index (χ0v) is 21.2. The molecule has 1 N–H and O–H groups in total. The van der Waals surface area contributed by atoms with Gasteiger partial charge < -0.3 is 14.6 Å². The van der Waals surface area contributed by atoms with Gasteiger partial charge >= 0.3 is 0 Å². The second kappa shape index (κ2) is 9.96. The molecule has 0 amide bonds. The molecular weight excluding hydrogens is 494 g/mol. The Morgan fingerprint density at radius 2 is 1.62 bits per heavy atom. The Kier molecular flexibility index (Phi) is 6.18. The van der Waals surface area contributed by atoms with E-state index in [9.17, 15) is 9.90 Å². The van der Waals surface area contributed by atoms with Gasteiger partial charge in [-0.3, -0.25) is 9.78 Å². The lowest BCUT2D eigenvalue weighted by Crippen LogP contribution is -2.23. The minimum atomic E-state index is -0.295. The third-order valence-corrected chi connectivity index (χ3v) is 6.53. The van der Waals surface area contributed by atoms with E-state index < -0.39 is 0 Å². The van der Waals surface area contributed by atoms with Crippen LogP contribution in [-0.2, 0) is 6.61 Å². The van der Waals surface area contributed by atoms with Crippen molar-refractivity contribution in [3.8, 4) is 39.8 Å². The molecule has 0 saturated carbocycles. The summed E-state index contributed by atoms with van der Waals surface area (Å²) in [4.78, 5) is 27.0. The molecule has 0 aliphatic carbocycles. The largest absolute Gasteiger partial charge is 0.493 e. The summed E-state index contributed by atoms with van der Waals surface area (Å²) in [6.45, 7) is -0.241. The van der Waals surface area contributed by atoms with Crippen molar-refractivity contribution in [3.63, 3.8) is 0 Å². The number of aromatic nitrogens is 5. The highest BCUT2D eigenvalue weighted by Crippen LogP contribution is 2.37. The van der Waals surface area contributed by atoms with Crippen molar-refractivity contribution >= 4 is 21.5 Å². The topological polar surface area (TPSA) is 112 Å². The molecule has 0 radical (unpaired) electrons. The third kappa shape index (κ3) is 4.24. The quantitative estimate of drug-likeness (QED) is 0.342. The van der Waals surface area contributed by atoms with Crippen LogP contribution >= 0.6 is 0 Å². The van der Waals surface area contributed by atoms with Crippen LogP contribution in [0.1, 0.15) is 5.69 Å². The highest BCUT2D eigenvalue weighted by atomic mass is 16.5. The average molecular weight is 518 g/mol. The molecule has 0 bridgehead atoms. The van der Waals surface area contributed by atoms with Crippen molar-refractivity contribution in [1.29, 1.82) is 0 Å². The first-order valence-electron chi connectivity index (χ1n) is 12.2. The van der Waals surface area contributed by atoms with Gasteiger partial charge in [-0.05, 0) is 53.9 Å². The standard InChI is InChI=1S/C30H23N5O4/c1-38-25-13-20-12-21(17-36)33-28(24(20)15-26(25)39-2)18-9-11-32-27(14-18)35-30(37)23-8-4-3-7-22(23)29(34-35)19-6-5-10-31-16-19/h3-16,36H,17H2,1-2H3. The first-order valence-corrected chi connectivity index (χ1v) is 12.2. The molecule has 0 fully saturated rings. The average Bonchev–Trinajstić information content (AvgIpc) is 3.00. The lowest BCUT2D eigenvalue weighted by Gasteiger charge is -2.14. The molecule has 0 atom stereocenters. The van der Waals surface area contributed by atoms with Gasteiger partial charge in [-0.15, -0.1) is 0 Å². The molecule has 0 saturated heterocycles. The van der Waals surface area contributed by atoms with E-state index in [0.717, 1.165) is 21.7 Å². The van der Waals surface area contributed by atoms with Crippen molar-refractivity contribution in [2.24, 2.45) is 0 Å². The maximum Gasteiger partial charge on any atom is 0.280 e. The van der Waals surface area contributed by atoms with Gasteiger partial charge in [0.1, 0.15) is 5.69 Å². The Balaban J connectivity index is 1.59. The number of rotatable bonds is 6. The number of aliphatic hydroxyl groups excluding tert-OH is 1. The lowest BCUT2D eigenvalue weighted by atomic mass is 10.0. The number of ether oxygens (including phenoxy) is 2. The van der Waals surface area contributed by atoms with Crippen LogP contribution in [-0.4, -0.2) is 44.1 Å². The second-order valence-corrected chi connectivity index (χ2v) is 8.80. The molecule has 2 aromatic carbocycles. The zero-order chi connectivity index (χ0) is 26.9. The molecule has 4 aromatic heterocycles. The lowest BCUT2D eigenvalue weighted by molar-refractivity contribution is 0.277. The molecule has 9 nitrogen and oxygen atoms in total. The van der Waals surface area contributed by atoms with Crippen LogP contribution in [0, 0.1) is 0 Å². The Hall–Kier alpha value is -5.15. The van der Waals surface area contributed by atoms with Crippen LogP contribution in [0.3, 0.4) is 0 Å². The van der Waals surface area contributed by atoms with E-state index in [4.69, 9.17) is 19.6 Å². The minimum Gasteiger partial charge on any atom is -0.493 e. The van der Waals surface area contributed by atoms with Crippen LogP contribution in [0.25, 0.3) is 49.9 Å². The van der Waals surface area contributed by atoms with Crippen molar-refractivity contribution in [2.75, 3.05) is 14.2 Å². The number of methoxy groups -OCH3 is 2. The number of hydrogen-bond donors (Lipinski definition) is 1. The third-order valence-electron chi connectivity index (χ3n) is 6.53. The fraction of sp³-hybridized carbons (Fsp3) is 0.100. The smallest absolute Gasteiger partial charge is 0.280 e. The van der Waals surface area contributed by atoms with Crippen molar-refractivity contribution in [1.82, 2.24) is 24.7 Å². The fourth-order valence-corrected chi connectivity index (χ4v) is 4.68. The maximum atomic E-state index is 13.6. The summed E-state index contributed by atoms with van der Waals surface area (Å²) in [6, 6.07) is 20.1. The van der Waals surface area contributed by atoms with Gasteiger partial charge in [0.25, 0.3) is 5.56 Å². The van der Waals surface area contributed by atoms with E-state index in [2.05, 4.69) is 9.97 Å². The van der Waals surface area contributed by atoms with Crippen molar-refractivity contribution in [2.45, 2.75) is 6.61 Å². The first kappa shape index (κ1) is 24.2. The Bertz CT molecular complexity index is 1900. The summed E-state index contributed by atoms with van der Waals surface area (Å²) in [5.41, 5.74) is 2.88. The molecule has 0 aliphatic heterocycles. The summed E-state index contributed by atoms with van der Waals surface area (Å²) in [7, 11) is 3.14. The molecule has 4 heterocycles. The first-order chi connectivity index (χ1) is 19.1. The predicted molar refractivity (Wildman–Crippen MR) is 148 cm³/mol. The monoisotopic (exact) mass is 517 g/mol. The Morgan fingerprint density at radius 1 is 0.821 bits per heavy atom. The SMILES string of the molecule is COc1cc2cc(CO)nc(-c3ccnc(-n4nc(-c5cccnc5)c5ccccc5c4=O)c3)c2cc1OC. The number of hydrogen-bond acceptors (Lipinski definition) is 8. The highest BCUT2D eigenvalue weighted by molar-refractivity contribution is 5.97. The van der Waals surface area contributed by atoms with E-state index in [0.29, 0.717) is 45.3 Å². The Labute approximate surface area is 223 Å². The summed E-state index contributed by atoms with van der Waals surface area (Å²) in [6.07, 6.45) is 5.01. The van der Waals surface area contributed by atoms with E-state index in [1.54, 1.807) is 57.1 Å². The van der Waals surface area contributed by atoms with Crippen LogP contribution in [0.5, 0.6) is 11.5 Å². The van der Waals surface area contributed by atoms with Crippen molar-refractivity contribution < 1.29 is 14.6 Å². The van der Waals surface area contributed by atoms with Gasteiger partial charge in [0, 0.05) is 40.5 Å². The fourth-order valence-electron chi connectivity index (χ4n) is 4.68. The molecule has 6 rings (SSSR count). The predicted octanol–water partition coefficient (Wildman–Crippen LogP) is 4.57. The zero-order valence-electron chi connectivity index (χ0n) is 21.2. The van der Waals surface area contributed by atoms with Gasteiger partial charge in [-0.1, -0.05) is 18.2 Å². The van der Waals surface area contributed by atoms with Crippen LogP contribution in [0.15, 0.2) is 90.1 Å². The minimum absolute atomic E-state index is 0.241. The van der Waals surface area contributed by atoms with E-state index >= 15 is 0 Å². The van der Waals surface area contributed by atoms with Gasteiger partial charge in [0.15, 0.2) is 17.3 Å². The number of aliphatic hydroxyl groups is 1. The van der Waals surface area contributed by atoms with E-state index in [1.165, 1.54) is 4.68 Å². The highest BCUT2D eigenvalue weighted by Gasteiger charge is 2.17. The Morgan fingerprint density at radius 3 is 2.36 bits per heavy atom. The number of pyridine rings is 3. The number of benzene rings is 2. The molecule has 0 spiro atoms. The van der Waals surface area contributed by atoms with Gasteiger partial charge in [0.2, 0.25) is 0 Å². The number of nitrogens with zero attached hydrogens (tertiary/aromatic N) is 5. The molecule has 0 aliphatic rings. The maximum absolute atomic E-state index is 13.6. The number of fused-ring (bicyclic) bond motifs is 2. The second-order valence-electron chi connectivity index (χ2n) is 8.80. The normalized spacial score (nSPS) is 11.2. The molecule has 0 unspecified atom stereocenters. The molecule has 39 heavy (non-hydrogen) atoms. The van der Waals surface area contributed by atoms with Gasteiger partial charge in [-0.25, -0.2) is 9.97 Å². The molecule has 9 heteroatoms. The van der Waals surface area contributed by atoms with Crippen LogP contribution < -0.4 is 15.0 Å². The molecule has 192 valence electrons. The van der Waals surface area contributed by atoms with Gasteiger partial charge in [0.05, 0.1) is 37.6 Å². The van der Waals surface area contributed by atoms with Crippen LogP contribution in [0.4, 0.5) is 0 Å².